The molecule has 1 heterocycles. The van der Waals surface area contributed by atoms with Crippen LogP contribution >= 0.6 is 0 Å². The van der Waals surface area contributed by atoms with Gasteiger partial charge in [0.25, 0.3) is 6.43 Å². The van der Waals surface area contributed by atoms with Crippen LogP contribution in [0, 0.1) is 0 Å². The van der Waals surface area contributed by atoms with Gasteiger partial charge in [-0.15, -0.1) is 0 Å². The van der Waals surface area contributed by atoms with E-state index >= 15 is 0 Å². The Labute approximate surface area is 136 Å². The van der Waals surface area contributed by atoms with E-state index in [4.69, 9.17) is 14.0 Å². The van der Waals surface area contributed by atoms with E-state index in [1.54, 1.807) is 12.1 Å². The standard InChI is InChI=1S/C17H23BF2O3/c1-16(2)17(3,4)23-18(22-16)14-9-13(14)11-5-7-12(8-6-11)21-10-15(19)20/h5-8,13-15H,9-10H2,1-4H3/t13?,14-/m0/s1. The Morgan fingerprint density at radius 1 is 1.13 bits per heavy atom. The third kappa shape index (κ3) is 3.38. The van der Waals surface area contributed by atoms with Gasteiger partial charge in [0, 0.05) is 5.82 Å². The second-order valence-corrected chi connectivity index (χ2v) is 7.40. The Bertz CT molecular complexity index is 543. The molecule has 1 aromatic rings. The van der Waals surface area contributed by atoms with Crippen molar-refractivity contribution in [3.05, 3.63) is 29.8 Å². The lowest BCUT2D eigenvalue weighted by Gasteiger charge is -2.32. The molecule has 0 spiro atoms. The van der Waals surface area contributed by atoms with Crippen molar-refractivity contribution in [1.29, 1.82) is 0 Å². The highest BCUT2D eigenvalue weighted by molar-refractivity contribution is 6.49. The maximum atomic E-state index is 12.1. The Hall–Kier alpha value is -1.14. The number of rotatable bonds is 5. The van der Waals surface area contributed by atoms with Crippen LogP contribution in [-0.2, 0) is 9.31 Å². The SMILES string of the molecule is CC1(C)OB([C@H]2CC2c2ccc(OCC(F)F)cc2)OC1(C)C. The fourth-order valence-corrected chi connectivity index (χ4v) is 2.93. The minimum Gasteiger partial charge on any atom is -0.488 e. The lowest BCUT2D eigenvalue weighted by atomic mass is 9.79. The lowest BCUT2D eigenvalue weighted by molar-refractivity contribution is 0.00578. The van der Waals surface area contributed by atoms with Gasteiger partial charge in [0.1, 0.15) is 12.4 Å². The van der Waals surface area contributed by atoms with Gasteiger partial charge in [-0.2, -0.15) is 0 Å². The maximum absolute atomic E-state index is 12.1. The summed E-state index contributed by atoms with van der Waals surface area (Å²) in [4.78, 5) is 0. The van der Waals surface area contributed by atoms with Crippen LogP contribution in [0.5, 0.6) is 5.75 Å². The highest BCUT2D eigenvalue weighted by Gasteiger charge is 2.59. The van der Waals surface area contributed by atoms with Crippen molar-refractivity contribution in [2.75, 3.05) is 6.61 Å². The molecule has 6 heteroatoms. The molecule has 0 bridgehead atoms. The molecule has 1 aliphatic heterocycles. The molecule has 0 amide bonds. The molecule has 3 nitrogen and oxygen atoms in total. The fraction of sp³-hybridized carbons (Fsp3) is 0.647. The Balaban J connectivity index is 1.59. The summed E-state index contributed by atoms with van der Waals surface area (Å²) in [5.74, 6) is 1.22. The van der Waals surface area contributed by atoms with Crippen molar-refractivity contribution >= 4 is 7.12 Å². The van der Waals surface area contributed by atoms with E-state index in [-0.39, 0.29) is 18.3 Å². The Morgan fingerprint density at radius 3 is 2.22 bits per heavy atom. The van der Waals surface area contributed by atoms with Crippen LogP contribution in [0.15, 0.2) is 24.3 Å². The van der Waals surface area contributed by atoms with Crippen LogP contribution in [0.2, 0.25) is 5.82 Å². The maximum Gasteiger partial charge on any atom is 0.461 e. The second kappa shape index (κ2) is 5.74. The van der Waals surface area contributed by atoms with Gasteiger partial charge < -0.3 is 14.0 Å². The number of halogens is 2. The number of benzene rings is 1. The number of hydrogen-bond donors (Lipinski definition) is 0. The molecular weight excluding hydrogens is 301 g/mol. The highest BCUT2D eigenvalue weighted by atomic mass is 19.3. The van der Waals surface area contributed by atoms with Gasteiger partial charge in [-0.1, -0.05) is 12.1 Å². The van der Waals surface area contributed by atoms with Crippen molar-refractivity contribution in [3.8, 4) is 5.75 Å². The van der Waals surface area contributed by atoms with Crippen LogP contribution in [0.4, 0.5) is 8.78 Å². The number of ether oxygens (including phenoxy) is 1. The minimum atomic E-state index is -2.45. The van der Waals surface area contributed by atoms with E-state index in [9.17, 15) is 8.78 Å². The molecule has 126 valence electrons. The van der Waals surface area contributed by atoms with E-state index in [2.05, 4.69) is 27.7 Å². The molecule has 1 aliphatic carbocycles. The van der Waals surface area contributed by atoms with E-state index in [1.807, 2.05) is 12.1 Å². The van der Waals surface area contributed by atoms with Crippen LogP contribution in [0.3, 0.4) is 0 Å². The summed E-state index contributed by atoms with van der Waals surface area (Å²) in [6.07, 6.45) is -1.43. The van der Waals surface area contributed by atoms with Crippen molar-refractivity contribution in [2.45, 2.75) is 63.5 Å². The first kappa shape index (κ1) is 16.7. The molecule has 1 aromatic carbocycles. The largest absolute Gasteiger partial charge is 0.488 e. The first-order chi connectivity index (χ1) is 10.7. The van der Waals surface area contributed by atoms with Gasteiger partial charge in [0.05, 0.1) is 11.2 Å². The molecular formula is C17H23BF2O3. The van der Waals surface area contributed by atoms with E-state index in [0.29, 0.717) is 17.5 Å². The summed E-state index contributed by atoms with van der Waals surface area (Å²) in [5, 5.41) is 0. The van der Waals surface area contributed by atoms with Crippen molar-refractivity contribution in [2.24, 2.45) is 0 Å². The molecule has 2 atom stereocenters. The van der Waals surface area contributed by atoms with Crippen LogP contribution in [-0.4, -0.2) is 31.4 Å². The van der Waals surface area contributed by atoms with Gasteiger partial charge in [0.2, 0.25) is 0 Å². The van der Waals surface area contributed by atoms with E-state index in [1.165, 1.54) is 5.56 Å². The quantitative estimate of drug-likeness (QED) is 0.757. The summed E-state index contributed by atoms with van der Waals surface area (Å²) in [6.45, 7) is 7.65. The number of hydrogen-bond acceptors (Lipinski definition) is 3. The molecule has 2 fully saturated rings. The van der Waals surface area contributed by atoms with Gasteiger partial charge in [-0.05, 0) is 57.7 Å². The Kier molecular flexibility index (Phi) is 4.17. The Morgan fingerprint density at radius 2 is 1.70 bits per heavy atom. The third-order valence-electron chi connectivity index (χ3n) is 5.15. The zero-order chi connectivity index (χ0) is 16.8. The molecule has 2 aliphatic rings. The highest BCUT2D eigenvalue weighted by Crippen LogP contribution is 2.58. The summed E-state index contributed by atoms with van der Waals surface area (Å²) >= 11 is 0. The smallest absolute Gasteiger partial charge is 0.461 e. The summed E-state index contributed by atoms with van der Waals surface area (Å²) in [7, 11) is -0.181. The third-order valence-corrected chi connectivity index (χ3v) is 5.15. The van der Waals surface area contributed by atoms with E-state index < -0.39 is 13.0 Å². The lowest BCUT2D eigenvalue weighted by Crippen LogP contribution is -2.41. The van der Waals surface area contributed by atoms with Crippen molar-refractivity contribution in [3.63, 3.8) is 0 Å². The molecule has 23 heavy (non-hydrogen) atoms. The van der Waals surface area contributed by atoms with Gasteiger partial charge >= 0.3 is 7.12 Å². The molecule has 0 aromatic heterocycles. The van der Waals surface area contributed by atoms with Crippen molar-refractivity contribution in [1.82, 2.24) is 0 Å². The van der Waals surface area contributed by atoms with Crippen molar-refractivity contribution < 1.29 is 22.8 Å². The predicted octanol–water partition coefficient (Wildman–Crippen LogP) is 4.28. The monoisotopic (exact) mass is 324 g/mol. The number of alkyl halides is 2. The summed E-state index contributed by atoms with van der Waals surface area (Å²) in [5.41, 5.74) is 0.560. The van der Waals surface area contributed by atoms with Crippen LogP contribution in [0.25, 0.3) is 0 Å². The zero-order valence-electron chi connectivity index (χ0n) is 14.0. The molecule has 0 radical (unpaired) electrons. The first-order valence-electron chi connectivity index (χ1n) is 8.06. The first-order valence-corrected chi connectivity index (χ1v) is 8.06. The normalized spacial score (nSPS) is 28.2. The van der Waals surface area contributed by atoms with Gasteiger partial charge in [-0.3, -0.25) is 0 Å². The molecule has 1 saturated heterocycles. The summed E-state index contributed by atoms with van der Waals surface area (Å²) < 4.78 is 41.5. The average molecular weight is 324 g/mol. The average Bonchev–Trinajstić information content (AvgIpc) is 3.20. The topological polar surface area (TPSA) is 27.7 Å². The predicted molar refractivity (Wildman–Crippen MR) is 85.1 cm³/mol. The van der Waals surface area contributed by atoms with Crippen LogP contribution in [0.1, 0.15) is 45.6 Å². The van der Waals surface area contributed by atoms with Gasteiger partial charge in [-0.25, -0.2) is 8.78 Å². The molecule has 0 N–H and O–H groups in total. The van der Waals surface area contributed by atoms with Gasteiger partial charge in [0.15, 0.2) is 0 Å². The second-order valence-electron chi connectivity index (χ2n) is 7.40. The summed E-state index contributed by atoms with van der Waals surface area (Å²) in [6, 6.07) is 7.38. The molecule has 3 rings (SSSR count). The zero-order valence-corrected chi connectivity index (χ0v) is 14.0. The molecule has 1 saturated carbocycles. The van der Waals surface area contributed by atoms with E-state index in [0.717, 1.165) is 6.42 Å². The molecule has 1 unspecified atom stereocenters. The fourth-order valence-electron chi connectivity index (χ4n) is 2.93. The van der Waals surface area contributed by atoms with Crippen LogP contribution < -0.4 is 4.74 Å². The minimum absolute atomic E-state index is 0.181.